The van der Waals surface area contributed by atoms with Crippen molar-refractivity contribution in [3.8, 4) is 5.75 Å². The maximum Gasteiger partial charge on any atom is 0.372 e. The van der Waals surface area contributed by atoms with Crippen LogP contribution in [0.15, 0.2) is 18.3 Å². The van der Waals surface area contributed by atoms with Gasteiger partial charge in [-0.05, 0) is 6.07 Å². The van der Waals surface area contributed by atoms with Gasteiger partial charge in [-0.2, -0.15) is 0 Å². The lowest BCUT2D eigenvalue weighted by molar-refractivity contribution is 0.0597. The minimum absolute atomic E-state index is 0.0613. The van der Waals surface area contributed by atoms with Gasteiger partial charge in [0.05, 0.1) is 19.7 Å². The number of carboxylic acid groups (broad SMARTS) is 1. The van der Waals surface area contributed by atoms with Gasteiger partial charge in [0.1, 0.15) is 5.75 Å². The molecule has 0 saturated carbocycles. The van der Waals surface area contributed by atoms with E-state index in [2.05, 4.69) is 9.72 Å². The first-order valence-corrected chi connectivity index (χ1v) is 4.96. The Morgan fingerprint density at radius 2 is 2.11 bits per heavy atom. The molecule has 0 atom stereocenters. The third kappa shape index (κ3) is 1.75. The van der Waals surface area contributed by atoms with Gasteiger partial charge >= 0.3 is 11.9 Å². The summed E-state index contributed by atoms with van der Waals surface area (Å²) < 4.78 is 10.9. The lowest BCUT2D eigenvalue weighted by Gasteiger charge is -2.01. The van der Waals surface area contributed by atoms with Gasteiger partial charge in [-0.1, -0.05) is 0 Å². The number of pyridine rings is 1. The quantitative estimate of drug-likeness (QED) is 0.811. The van der Waals surface area contributed by atoms with E-state index in [1.165, 1.54) is 30.9 Å². The highest BCUT2D eigenvalue weighted by atomic mass is 16.5. The van der Waals surface area contributed by atoms with E-state index in [9.17, 15) is 9.59 Å². The van der Waals surface area contributed by atoms with Gasteiger partial charge in [0.2, 0.25) is 5.82 Å². The molecule has 0 spiro atoms. The Bertz CT molecular complexity index is 632. The zero-order valence-corrected chi connectivity index (χ0v) is 9.71. The fourth-order valence-corrected chi connectivity index (χ4v) is 1.59. The van der Waals surface area contributed by atoms with Crippen LogP contribution >= 0.6 is 0 Å². The van der Waals surface area contributed by atoms with Crippen LogP contribution in [0.1, 0.15) is 21.1 Å². The number of methoxy groups -OCH3 is 2. The van der Waals surface area contributed by atoms with Crippen molar-refractivity contribution in [1.29, 1.82) is 0 Å². The number of carboxylic acids is 1. The van der Waals surface area contributed by atoms with Crippen molar-refractivity contribution >= 4 is 17.5 Å². The molecule has 2 heterocycles. The molecule has 1 N–H and O–H groups in total. The number of aromatic nitrogens is 2. The summed E-state index contributed by atoms with van der Waals surface area (Å²) in [5.41, 5.74) is 0.257. The summed E-state index contributed by atoms with van der Waals surface area (Å²) in [6, 6.07) is 3.09. The zero-order chi connectivity index (χ0) is 13.3. The average molecular weight is 250 g/mol. The highest BCUT2D eigenvalue weighted by molar-refractivity contribution is 5.98. The summed E-state index contributed by atoms with van der Waals surface area (Å²) >= 11 is 0. The van der Waals surface area contributed by atoms with Gasteiger partial charge in [-0.15, -0.1) is 0 Å². The van der Waals surface area contributed by atoms with E-state index in [1.807, 2.05) is 0 Å². The molecular formula is C11H10N2O5. The van der Waals surface area contributed by atoms with Crippen LogP contribution in [-0.4, -0.2) is 40.6 Å². The smallest absolute Gasteiger partial charge is 0.372 e. The number of hydrogen-bond acceptors (Lipinski definition) is 5. The maximum atomic E-state index is 11.5. The van der Waals surface area contributed by atoms with E-state index in [-0.39, 0.29) is 11.5 Å². The molecule has 18 heavy (non-hydrogen) atoms. The lowest BCUT2D eigenvalue weighted by Crippen LogP contribution is -2.04. The van der Waals surface area contributed by atoms with Gasteiger partial charge in [0, 0.05) is 12.3 Å². The van der Waals surface area contributed by atoms with Crippen LogP contribution in [0.2, 0.25) is 0 Å². The fourth-order valence-electron chi connectivity index (χ4n) is 1.59. The van der Waals surface area contributed by atoms with Crippen LogP contribution in [-0.2, 0) is 4.74 Å². The van der Waals surface area contributed by atoms with Gasteiger partial charge in [-0.3, -0.25) is 4.40 Å². The van der Waals surface area contributed by atoms with Crippen LogP contribution in [0.4, 0.5) is 0 Å². The minimum Gasteiger partial charge on any atom is -0.497 e. The molecule has 7 nitrogen and oxygen atoms in total. The van der Waals surface area contributed by atoms with Crippen molar-refractivity contribution in [2.45, 2.75) is 0 Å². The predicted molar refractivity (Wildman–Crippen MR) is 60.0 cm³/mol. The van der Waals surface area contributed by atoms with E-state index >= 15 is 0 Å². The molecule has 7 heteroatoms. The van der Waals surface area contributed by atoms with Crippen molar-refractivity contribution in [3.05, 3.63) is 29.8 Å². The molecule has 0 aromatic carbocycles. The van der Waals surface area contributed by atoms with Gasteiger partial charge in [0.15, 0.2) is 5.69 Å². The first kappa shape index (κ1) is 11.9. The van der Waals surface area contributed by atoms with Gasteiger partial charge < -0.3 is 14.6 Å². The van der Waals surface area contributed by atoms with Crippen molar-refractivity contribution in [2.75, 3.05) is 14.2 Å². The fraction of sp³-hybridized carbons (Fsp3) is 0.182. The van der Waals surface area contributed by atoms with Gasteiger partial charge in [0.25, 0.3) is 0 Å². The van der Waals surface area contributed by atoms with E-state index in [0.717, 1.165) is 0 Å². The topological polar surface area (TPSA) is 90.1 Å². The number of rotatable bonds is 3. The van der Waals surface area contributed by atoms with Crippen molar-refractivity contribution < 1.29 is 24.2 Å². The second-order valence-electron chi connectivity index (χ2n) is 3.40. The third-order valence-electron chi connectivity index (χ3n) is 2.42. The summed E-state index contributed by atoms with van der Waals surface area (Å²) in [6.45, 7) is 0. The molecule has 0 bridgehead atoms. The molecule has 2 rings (SSSR count). The highest BCUT2D eigenvalue weighted by Gasteiger charge is 2.21. The number of hydrogen-bond donors (Lipinski definition) is 1. The Labute approximate surface area is 102 Å². The van der Waals surface area contributed by atoms with Crippen LogP contribution in [0, 0.1) is 0 Å². The summed E-state index contributed by atoms with van der Waals surface area (Å²) in [5.74, 6) is -1.70. The second kappa shape index (κ2) is 4.36. The zero-order valence-electron chi connectivity index (χ0n) is 9.71. The monoisotopic (exact) mass is 250 g/mol. The third-order valence-corrected chi connectivity index (χ3v) is 2.42. The van der Waals surface area contributed by atoms with Gasteiger partial charge in [-0.25, -0.2) is 14.6 Å². The molecule has 0 aliphatic heterocycles. The lowest BCUT2D eigenvalue weighted by atomic mass is 10.3. The summed E-state index contributed by atoms with van der Waals surface area (Å²) in [6.07, 6.45) is 1.47. The molecule has 2 aromatic heterocycles. The standard InChI is InChI=1S/C11H10N2O5/c1-17-6-3-4-13-7(5-6)8(11(16)18-2)12-9(13)10(14)15/h3-5H,1-2H3,(H,14,15). The molecule has 0 fully saturated rings. The number of imidazole rings is 1. The molecule has 94 valence electrons. The Hall–Kier alpha value is -2.57. The number of fused-ring (bicyclic) bond motifs is 1. The molecule has 0 aliphatic rings. The minimum atomic E-state index is -1.23. The Morgan fingerprint density at radius 1 is 1.39 bits per heavy atom. The van der Waals surface area contributed by atoms with Crippen molar-refractivity contribution in [1.82, 2.24) is 9.38 Å². The number of carbonyl (C=O) groups is 2. The number of esters is 1. The van der Waals surface area contributed by atoms with Crippen LogP contribution in [0.25, 0.3) is 5.52 Å². The molecule has 0 radical (unpaired) electrons. The molecule has 2 aromatic rings. The van der Waals surface area contributed by atoms with E-state index in [4.69, 9.17) is 9.84 Å². The largest absolute Gasteiger partial charge is 0.497 e. The summed E-state index contributed by atoms with van der Waals surface area (Å²) in [7, 11) is 2.67. The van der Waals surface area contributed by atoms with E-state index in [1.54, 1.807) is 6.07 Å². The highest BCUT2D eigenvalue weighted by Crippen LogP contribution is 2.20. The molecular weight excluding hydrogens is 240 g/mol. The first-order valence-electron chi connectivity index (χ1n) is 4.96. The second-order valence-corrected chi connectivity index (χ2v) is 3.40. The molecule has 0 aliphatic carbocycles. The Morgan fingerprint density at radius 3 is 2.67 bits per heavy atom. The van der Waals surface area contributed by atoms with Crippen LogP contribution in [0.3, 0.4) is 0 Å². The maximum absolute atomic E-state index is 11.5. The predicted octanol–water partition coefficient (Wildman–Crippen LogP) is 0.828. The molecule has 0 amide bonds. The van der Waals surface area contributed by atoms with Crippen molar-refractivity contribution in [2.24, 2.45) is 0 Å². The van der Waals surface area contributed by atoms with E-state index in [0.29, 0.717) is 11.3 Å². The SMILES string of the molecule is COC(=O)c1nc(C(=O)O)n2ccc(OC)cc12. The average Bonchev–Trinajstić information content (AvgIpc) is 2.76. The van der Waals surface area contributed by atoms with Crippen LogP contribution in [0.5, 0.6) is 5.75 Å². The van der Waals surface area contributed by atoms with Crippen LogP contribution < -0.4 is 4.74 Å². The molecule has 0 saturated heterocycles. The number of carbonyl (C=O) groups excluding carboxylic acids is 1. The first-order chi connectivity index (χ1) is 8.58. The van der Waals surface area contributed by atoms with Crippen molar-refractivity contribution in [3.63, 3.8) is 0 Å². The normalized spacial score (nSPS) is 10.3. The number of ether oxygens (including phenoxy) is 2. The number of aromatic carboxylic acids is 1. The molecule has 0 unspecified atom stereocenters. The van der Waals surface area contributed by atoms with E-state index < -0.39 is 11.9 Å². The Kier molecular flexibility index (Phi) is 2.88. The summed E-state index contributed by atoms with van der Waals surface area (Å²) in [5, 5.41) is 9.01. The number of nitrogens with zero attached hydrogens (tertiary/aromatic N) is 2. The summed E-state index contributed by atoms with van der Waals surface area (Å²) in [4.78, 5) is 26.3. The Balaban J connectivity index is 2.76.